The Morgan fingerprint density at radius 1 is 1.53 bits per heavy atom. The molecule has 5 heteroatoms. The van der Waals surface area contributed by atoms with Crippen molar-refractivity contribution >= 4 is 17.2 Å². The zero-order valence-electron chi connectivity index (χ0n) is 10.9. The highest BCUT2D eigenvalue weighted by Gasteiger charge is 2.13. The Kier molecular flexibility index (Phi) is 4.16. The van der Waals surface area contributed by atoms with Crippen LogP contribution in [0.2, 0.25) is 0 Å². The SMILES string of the molecule is Cc1csc(C(C)NC(=O)Cc2cccc(O)c2)n1. The van der Waals surface area contributed by atoms with E-state index in [9.17, 15) is 9.90 Å². The molecule has 0 saturated carbocycles. The lowest BCUT2D eigenvalue weighted by molar-refractivity contribution is -0.121. The van der Waals surface area contributed by atoms with Crippen LogP contribution in [0.4, 0.5) is 0 Å². The summed E-state index contributed by atoms with van der Waals surface area (Å²) in [5.74, 6) is 0.0971. The van der Waals surface area contributed by atoms with E-state index < -0.39 is 0 Å². The lowest BCUT2D eigenvalue weighted by Gasteiger charge is -2.11. The summed E-state index contributed by atoms with van der Waals surface area (Å²) >= 11 is 1.54. The number of thiazole rings is 1. The Morgan fingerprint density at radius 2 is 2.32 bits per heavy atom. The first-order chi connectivity index (χ1) is 9.04. The van der Waals surface area contributed by atoms with Crippen LogP contribution in [0.25, 0.3) is 0 Å². The topological polar surface area (TPSA) is 62.2 Å². The minimum absolute atomic E-state index is 0.0778. The quantitative estimate of drug-likeness (QED) is 0.902. The predicted octanol–water partition coefficient (Wildman–Crippen LogP) is 2.58. The molecule has 2 rings (SSSR count). The van der Waals surface area contributed by atoms with E-state index in [4.69, 9.17) is 0 Å². The maximum absolute atomic E-state index is 11.9. The highest BCUT2D eigenvalue weighted by Crippen LogP contribution is 2.18. The summed E-state index contributed by atoms with van der Waals surface area (Å²) in [6.45, 7) is 3.85. The third kappa shape index (κ3) is 3.79. The summed E-state index contributed by atoms with van der Waals surface area (Å²) in [7, 11) is 0. The minimum atomic E-state index is -0.0940. The van der Waals surface area contributed by atoms with E-state index in [1.165, 1.54) is 0 Å². The van der Waals surface area contributed by atoms with Crippen molar-refractivity contribution in [2.24, 2.45) is 0 Å². The second-order valence-electron chi connectivity index (χ2n) is 4.46. The van der Waals surface area contributed by atoms with Gasteiger partial charge in [0.15, 0.2) is 0 Å². The highest BCUT2D eigenvalue weighted by molar-refractivity contribution is 7.09. The Bertz CT molecular complexity index is 580. The van der Waals surface area contributed by atoms with E-state index in [2.05, 4.69) is 10.3 Å². The first kappa shape index (κ1) is 13.5. The van der Waals surface area contributed by atoms with E-state index in [0.717, 1.165) is 16.3 Å². The van der Waals surface area contributed by atoms with Gasteiger partial charge >= 0.3 is 0 Å². The Morgan fingerprint density at radius 3 is 2.95 bits per heavy atom. The van der Waals surface area contributed by atoms with Gasteiger partial charge in [-0.2, -0.15) is 0 Å². The van der Waals surface area contributed by atoms with Gasteiger partial charge in [-0.1, -0.05) is 12.1 Å². The zero-order valence-corrected chi connectivity index (χ0v) is 11.7. The lowest BCUT2D eigenvalue weighted by atomic mass is 10.1. The number of carbonyl (C=O) groups excluding carboxylic acids is 1. The molecule has 0 bridgehead atoms. The van der Waals surface area contributed by atoms with Crippen LogP contribution < -0.4 is 5.32 Å². The third-order valence-electron chi connectivity index (χ3n) is 2.66. The molecule has 0 fully saturated rings. The number of amides is 1. The van der Waals surface area contributed by atoms with Crippen molar-refractivity contribution in [2.45, 2.75) is 26.3 Å². The van der Waals surface area contributed by atoms with E-state index in [1.54, 1.807) is 29.5 Å². The van der Waals surface area contributed by atoms with Crippen LogP contribution in [0, 0.1) is 6.92 Å². The number of hydrogen-bond donors (Lipinski definition) is 2. The van der Waals surface area contributed by atoms with Gasteiger partial charge in [0.2, 0.25) is 5.91 Å². The Balaban J connectivity index is 1.94. The van der Waals surface area contributed by atoms with Gasteiger partial charge in [0.1, 0.15) is 10.8 Å². The molecule has 2 aromatic rings. The monoisotopic (exact) mass is 276 g/mol. The second kappa shape index (κ2) is 5.84. The van der Waals surface area contributed by atoms with Crippen LogP contribution in [0.15, 0.2) is 29.6 Å². The molecule has 1 atom stereocenters. The first-order valence-electron chi connectivity index (χ1n) is 6.04. The summed E-state index contributed by atoms with van der Waals surface area (Å²) < 4.78 is 0. The molecule has 2 N–H and O–H groups in total. The number of carbonyl (C=O) groups is 1. The number of aromatic nitrogens is 1. The number of phenols is 1. The molecule has 1 aromatic carbocycles. The average Bonchev–Trinajstić information content (AvgIpc) is 2.75. The van der Waals surface area contributed by atoms with Crippen molar-refractivity contribution < 1.29 is 9.90 Å². The van der Waals surface area contributed by atoms with Crippen molar-refractivity contribution in [1.29, 1.82) is 0 Å². The van der Waals surface area contributed by atoms with Gasteiger partial charge in [-0.15, -0.1) is 11.3 Å². The smallest absolute Gasteiger partial charge is 0.224 e. The predicted molar refractivity (Wildman–Crippen MR) is 75.2 cm³/mol. The molecule has 0 spiro atoms. The zero-order chi connectivity index (χ0) is 13.8. The van der Waals surface area contributed by atoms with Gasteiger partial charge in [-0.3, -0.25) is 4.79 Å². The van der Waals surface area contributed by atoms with Crippen LogP contribution in [0.1, 0.15) is 29.2 Å². The van der Waals surface area contributed by atoms with Gasteiger partial charge in [-0.05, 0) is 31.5 Å². The summed E-state index contributed by atoms with van der Waals surface area (Å²) in [5.41, 5.74) is 1.76. The van der Waals surface area contributed by atoms with Crippen LogP contribution in [0.5, 0.6) is 5.75 Å². The van der Waals surface area contributed by atoms with Gasteiger partial charge in [-0.25, -0.2) is 4.98 Å². The molecule has 1 unspecified atom stereocenters. The molecular formula is C14H16N2O2S. The molecule has 1 aromatic heterocycles. The normalized spacial score (nSPS) is 12.1. The van der Waals surface area contributed by atoms with Crippen LogP contribution in [-0.4, -0.2) is 16.0 Å². The van der Waals surface area contributed by atoms with Crippen LogP contribution in [-0.2, 0) is 11.2 Å². The van der Waals surface area contributed by atoms with Crippen molar-refractivity contribution in [3.8, 4) is 5.75 Å². The van der Waals surface area contributed by atoms with E-state index in [0.29, 0.717) is 0 Å². The van der Waals surface area contributed by atoms with Crippen LogP contribution >= 0.6 is 11.3 Å². The number of hydrogen-bond acceptors (Lipinski definition) is 4. The fourth-order valence-corrected chi connectivity index (χ4v) is 2.58. The molecule has 100 valence electrons. The lowest BCUT2D eigenvalue weighted by Crippen LogP contribution is -2.28. The number of aromatic hydroxyl groups is 1. The molecule has 1 amide bonds. The fraction of sp³-hybridized carbons (Fsp3) is 0.286. The van der Waals surface area contributed by atoms with Crippen LogP contribution in [0.3, 0.4) is 0 Å². The summed E-state index contributed by atoms with van der Waals surface area (Å²) in [4.78, 5) is 16.2. The summed E-state index contributed by atoms with van der Waals surface area (Å²) in [6, 6.07) is 6.63. The number of benzene rings is 1. The standard InChI is InChI=1S/C14H16N2O2S/c1-9-8-19-14(15-9)10(2)16-13(18)7-11-4-3-5-12(17)6-11/h3-6,8,10,17H,7H2,1-2H3,(H,16,18). The maximum atomic E-state index is 11.9. The molecule has 0 aliphatic carbocycles. The molecule has 1 heterocycles. The molecule has 4 nitrogen and oxygen atoms in total. The molecular weight excluding hydrogens is 260 g/mol. The van der Waals surface area contributed by atoms with Crippen molar-refractivity contribution in [2.75, 3.05) is 0 Å². The Labute approximate surface area is 116 Å². The van der Waals surface area contributed by atoms with Gasteiger partial charge in [0, 0.05) is 11.1 Å². The number of nitrogens with one attached hydrogen (secondary N) is 1. The average molecular weight is 276 g/mol. The summed E-state index contributed by atoms with van der Waals surface area (Å²) in [6.07, 6.45) is 0.253. The fourth-order valence-electron chi connectivity index (χ4n) is 1.78. The van der Waals surface area contributed by atoms with Gasteiger partial charge in [0.25, 0.3) is 0 Å². The summed E-state index contributed by atoms with van der Waals surface area (Å²) in [5, 5.41) is 15.1. The molecule has 0 radical (unpaired) electrons. The maximum Gasteiger partial charge on any atom is 0.224 e. The van der Waals surface area contributed by atoms with Gasteiger partial charge < -0.3 is 10.4 Å². The molecule has 19 heavy (non-hydrogen) atoms. The molecule has 0 aliphatic heterocycles. The van der Waals surface area contributed by atoms with E-state index in [1.807, 2.05) is 25.3 Å². The second-order valence-corrected chi connectivity index (χ2v) is 5.35. The number of nitrogens with zero attached hydrogens (tertiary/aromatic N) is 1. The largest absolute Gasteiger partial charge is 0.508 e. The van der Waals surface area contributed by atoms with E-state index >= 15 is 0 Å². The molecule has 0 aliphatic rings. The van der Waals surface area contributed by atoms with Crippen molar-refractivity contribution in [1.82, 2.24) is 10.3 Å². The number of rotatable bonds is 4. The number of aryl methyl sites for hydroxylation is 1. The highest BCUT2D eigenvalue weighted by atomic mass is 32.1. The number of phenolic OH excluding ortho intramolecular Hbond substituents is 1. The third-order valence-corrected chi connectivity index (χ3v) is 3.81. The minimum Gasteiger partial charge on any atom is -0.508 e. The van der Waals surface area contributed by atoms with Crippen molar-refractivity contribution in [3.63, 3.8) is 0 Å². The Hall–Kier alpha value is -1.88. The first-order valence-corrected chi connectivity index (χ1v) is 6.92. The van der Waals surface area contributed by atoms with Crippen molar-refractivity contribution in [3.05, 3.63) is 45.9 Å². The van der Waals surface area contributed by atoms with Gasteiger partial charge in [0.05, 0.1) is 12.5 Å². The van der Waals surface area contributed by atoms with E-state index in [-0.39, 0.29) is 24.1 Å². The molecule has 0 saturated heterocycles.